The van der Waals surface area contributed by atoms with Gasteiger partial charge in [0.2, 0.25) is 5.28 Å². The Kier molecular flexibility index (Phi) is 2.98. The summed E-state index contributed by atoms with van der Waals surface area (Å²) in [6, 6.07) is 1.79. The molecule has 5 nitrogen and oxygen atoms in total. The average Bonchev–Trinajstić information content (AvgIpc) is 2.60. The van der Waals surface area contributed by atoms with Crippen molar-refractivity contribution in [3.8, 4) is 0 Å². The van der Waals surface area contributed by atoms with E-state index < -0.39 is 0 Å². The predicted octanol–water partition coefficient (Wildman–Crippen LogP) is 2.25. The normalized spacial score (nSPS) is 10.7. The molecule has 0 aliphatic carbocycles. The second-order valence-electron chi connectivity index (χ2n) is 3.25. The molecule has 2 rings (SSSR count). The molecule has 0 amide bonds. The van der Waals surface area contributed by atoms with Crippen LogP contribution < -0.4 is 5.73 Å². The Bertz CT molecular complexity index is 526. The summed E-state index contributed by atoms with van der Waals surface area (Å²) in [4.78, 5) is 7.73. The van der Waals surface area contributed by atoms with Crippen LogP contribution in [0.1, 0.15) is 17.1 Å². The quantitative estimate of drug-likeness (QED) is 0.661. The predicted molar refractivity (Wildman–Crippen MR) is 60.5 cm³/mol. The van der Waals surface area contributed by atoms with Crippen LogP contribution >= 0.6 is 23.2 Å². The highest BCUT2D eigenvalue weighted by atomic mass is 35.5. The second kappa shape index (κ2) is 4.27. The van der Waals surface area contributed by atoms with Gasteiger partial charge in [0.05, 0.1) is 17.1 Å². The summed E-state index contributed by atoms with van der Waals surface area (Å²) in [5.41, 5.74) is 7.30. The lowest BCUT2D eigenvalue weighted by Crippen LogP contribution is -2.02. The molecule has 0 atom stereocenters. The molecule has 0 saturated carbocycles. The molecule has 0 saturated heterocycles. The first-order chi connectivity index (χ1) is 7.56. The van der Waals surface area contributed by atoms with Gasteiger partial charge in [-0.2, -0.15) is 0 Å². The smallest absolute Gasteiger partial charge is 0.224 e. The van der Waals surface area contributed by atoms with E-state index in [0.29, 0.717) is 17.8 Å². The molecule has 2 heterocycles. The fraction of sp³-hybridized carbons (Fsp3) is 0.222. The van der Waals surface area contributed by atoms with Crippen molar-refractivity contribution < 1.29 is 4.52 Å². The zero-order chi connectivity index (χ0) is 11.7. The summed E-state index contributed by atoms with van der Waals surface area (Å²) < 4.78 is 4.94. The molecule has 2 aromatic heterocycles. The number of aromatic nitrogens is 3. The lowest BCUT2D eigenvalue weighted by Gasteiger charge is -2.04. The summed E-state index contributed by atoms with van der Waals surface area (Å²) in [5.74, 6) is 0.722. The van der Waals surface area contributed by atoms with E-state index in [2.05, 4.69) is 15.1 Å². The standard InChI is InChI=1S/C9H8Cl2N4O/c1-4-2-5(15-16-4)3-6-7(12)8(10)14-9(11)13-6/h2H,3,12H2,1H3. The molecule has 7 heteroatoms. The molecule has 0 fully saturated rings. The maximum Gasteiger partial charge on any atom is 0.224 e. The van der Waals surface area contributed by atoms with Crippen molar-refractivity contribution in [2.75, 3.05) is 5.73 Å². The first-order valence-electron chi connectivity index (χ1n) is 4.46. The summed E-state index contributed by atoms with van der Waals surface area (Å²) in [5, 5.41) is 4.05. The van der Waals surface area contributed by atoms with Crippen LogP contribution in [0.4, 0.5) is 5.69 Å². The van der Waals surface area contributed by atoms with E-state index in [1.165, 1.54) is 0 Å². The second-order valence-corrected chi connectivity index (χ2v) is 3.95. The van der Waals surface area contributed by atoms with Crippen LogP contribution in [0.2, 0.25) is 10.4 Å². The Balaban J connectivity index is 2.34. The Morgan fingerprint density at radius 1 is 1.38 bits per heavy atom. The van der Waals surface area contributed by atoms with Gasteiger partial charge < -0.3 is 10.3 Å². The molecule has 16 heavy (non-hydrogen) atoms. The Labute approximate surface area is 102 Å². The van der Waals surface area contributed by atoms with E-state index in [1.807, 2.05) is 0 Å². The topological polar surface area (TPSA) is 77.8 Å². The Morgan fingerprint density at radius 3 is 2.75 bits per heavy atom. The van der Waals surface area contributed by atoms with E-state index in [4.69, 9.17) is 33.5 Å². The monoisotopic (exact) mass is 258 g/mol. The number of nitrogens with two attached hydrogens (primary N) is 1. The fourth-order valence-corrected chi connectivity index (χ4v) is 1.68. The van der Waals surface area contributed by atoms with Crippen molar-refractivity contribution in [2.45, 2.75) is 13.3 Å². The summed E-state index contributed by atoms with van der Waals surface area (Å²) in [6.45, 7) is 1.81. The van der Waals surface area contributed by atoms with Crippen molar-refractivity contribution >= 4 is 28.9 Å². The molecule has 0 spiro atoms. The van der Waals surface area contributed by atoms with Crippen LogP contribution in [-0.2, 0) is 6.42 Å². The lowest BCUT2D eigenvalue weighted by atomic mass is 10.2. The number of nitrogens with zero attached hydrogens (tertiary/aromatic N) is 3. The minimum Gasteiger partial charge on any atom is -0.395 e. The molecule has 0 aromatic carbocycles. The van der Waals surface area contributed by atoms with Gasteiger partial charge in [0.25, 0.3) is 0 Å². The molecular formula is C9H8Cl2N4O. The molecule has 0 aliphatic rings. The van der Waals surface area contributed by atoms with Crippen molar-refractivity contribution in [1.29, 1.82) is 0 Å². The van der Waals surface area contributed by atoms with Gasteiger partial charge in [-0.25, -0.2) is 9.97 Å². The van der Waals surface area contributed by atoms with Crippen molar-refractivity contribution in [3.63, 3.8) is 0 Å². The van der Waals surface area contributed by atoms with E-state index in [9.17, 15) is 0 Å². The van der Waals surface area contributed by atoms with Gasteiger partial charge >= 0.3 is 0 Å². The SMILES string of the molecule is Cc1cc(Cc2nc(Cl)nc(Cl)c2N)no1. The first kappa shape index (κ1) is 11.2. The van der Waals surface area contributed by atoms with Gasteiger partial charge in [0.1, 0.15) is 5.76 Å². The average molecular weight is 259 g/mol. The molecule has 84 valence electrons. The Morgan fingerprint density at radius 2 is 2.12 bits per heavy atom. The van der Waals surface area contributed by atoms with Crippen LogP contribution in [0.25, 0.3) is 0 Å². The number of nitrogen functional groups attached to an aromatic ring is 1. The van der Waals surface area contributed by atoms with Crippen LogP contribution in [0.15, 0.2) is 10.6 Å². The van der Waals surface area contributed by atoms with Gasteiger partial charge in [0.15, 0.2) is 5.15 Å². The van der Waals surface area contributed by atoms with Crippen molar-refractivity contribution in [1.82, 2.24) is 15.1 Å². The molecule has 0 bridgehead atoms. The largest absolute Gasteiger partial charge is 0.395 e. The van der Waals surface area contributed by atoms with Gasteiger partial charge in [-0.15, -0.1) is 0 Å². The number of hydrogen-bond donors (Lipinski definition) is 1. The van der Waals surface area contributed by atoms with Gasteiger partial charge in [-0.3, -0.25) is 0 Å². The molecule has 0 radical (unpaired) electrons. The van der Waals surface area contributed by atoms with Gasteiger partial charge in [0, 0.05) is 12.5 Å². The van der Waals surface area contributed by atoms with Crippen molar-refractivity contribution in [3.05, 3.63) is 33.7 Å². The van der Waals surface area contributed by atoms with Crippen LogP contribution in [-0.4, -0.2) is 15.1 Å². The fourth-order valence-electron chi connectivity index (χ4n) is 1.26. The van der Waals surface area contributed by atoms with Crippen molar-refractivity contribution in [2.24, 2.45) is 0 Å². The summed E-state index contributed by atoms with van der Waals surface area (Å²) >= 11 is 11.5. The maximum absolute atomic E-state index is 5.79. The van der Waals surface area contributed by atoms with E-state index in [1.54, 1.807) is 13.0 Å². The number of rotatable bonds is 2. The number of hydrogen-bond acceptors (Lipinski definition) is 5. The van der Waals surface area contributed by atoms with E-state index in [-0.39, 0.29) is 10.4 Å². The highest BCUT2D eigenvalue weighted by Crippen LogP contribution is 2.23. The van der Waals surface area contributed by atoms with Crippen LogP contribution in [0.5, 0.6) is 0 Å². The molecular weight excluding hydrogens is 251 g/mol. The zero-order valence-corrected chi connectivity index (χ0v) is 9.88. The lowest BCUT2D eigenvalue weighted by molar-refractivity contribution is 0.391. The third kappa shape index (κ3) is 2.25. The zero-order valence-electron chi connectivity index (χ0n) is 8.37. The first-order valence-corrected chi connectivity index (χ1v) is 5.21. The molecule has 0 unspecified atom stereocenters. The Hall–Kier alpha value is -1.33. The number of aryl methyl sites for hydroxylation is 1. The molecule has 2 aromatic rings. The van der Waals surface area contributed by atoms with Crippen LogP contribution in [0.3, 0.4) is 0 Å². The third-order valence-electron chi connectivity index (χ3n) is 1.98. The minimum absolute atomic E-state index is 0.0643. The number of anilines is 1. The third-order valence-corrected chi connectivity index (χ3v) is 2.43. The van der Waals surface area contributed by atoms with Crippen LogP contribution in [0, 0.1) is 6.92 Å². The minimum atomic E-state index is 0.0643. The summed E-state index contributed by atoms with van der Waals surface area (Å²) in [7, 11) is 0. The van der Waals surface area contributed by atoms with Gasteiger partial charge in [-0.05, 0) is 18.5 Å². The van der Waals surface area contributed by atoms with Gasteiger partial charge in [-0.1, -0.05) is 16.8 Å². The molecule has 0 aliphatic heterocycles. The summed E-state index contributed by atoms with van der Waals surface area (Å²) in [6.07, 6.45) is 0.408. The highest BCUT2D eigenvalue weighted by molar-refractivity contribution is 6.33. The van der Waals surface area contributed by atoms with E-state index in [0.717, 1.165) is 11.5 Å². The maximum atomic E-state index is 5.79. The van der Waals surface area contributed by atoms with E-state index >= 15 is 0 Å². The number of halogens is 2. The molecule has 2 N–H and O–H groups in total. The highest BCUT2D eigenvalue weighted by Gasteiger charge is 2.11.